The molecule has 4 heterocycles. The fraction of sp³-hybridized carbons (Fsp3) is 0.435. The van der Waals surface area contributed by atoms with Crippen molar-refractivity contribution in [2.45, 2.75) is 24.9 Å². The Balaban J connectivity index is 1.29. The van der Waals surface area contributed by atoms with Gasteiger partial charge in [-0.25, -0.2) is 9.97 Å². The molecule has 162 valence electrons. The van der Waals surface area contributed by atoms with E-state index in [4.69, 9.17) is 9.47 Å². The van der Waals surface area contributed by atoms with E-state index >= 15 is 0 Å². The van der Waals surface area contributed by atoms with Gasteiger partial charge in [-0.05, 0) is 54.7 Å². The van der Waals surface area contributed by atoms with E-state index in [0.29, 0.717) is 18.1 Å². The number of aromatic nitrogens is 3. The molecule has 1 amide bonds. The highest BCUT2D eigenvalue weighted by Gasteiger charge is 2.27. The number of imidazole rings is 1. The van der Waals surface area contributed by atoms with Crippen LogP contribution in [0.3, 0.4) is 0 Å². The standard InChI is InChI=1S/C23H27N5O3/c1-30-17-4-2-16(3-5-17)23(29)28-11-7-15(8-12-28)18-6-9-25-22-20(18)26-21(27-22)19-14-24-10-13-31-19/h2-6,9,15,19,24H,7-8,10-14H2,1H3,(H,25,26,27). The number of likely N-dealkylation sites (tertiary alicyclic amines) is 1. The third kappa shape index (κ3) is 4.00. The number of H-pyrrole nitrogens is 1. The number of morpholine rings is 1. The number of ether oxygens (including phenoxy) is 2. The van der Waals surface area contributed by atoms with Gasteiger partial charge in [-0.15, -0.1) is 0 Å². The highest BCUT2D eigenvalue weighted by molar-refractivity contribution is 5.94. The number of aromatic amines is 1. The number of rotatable bonds is 4. The first-order valence-corrected chi connectivity index (χ1v) is 10.8. The summed E-state index contributed by atoms with van der Waals surface area (Å²) in [6.07, 6.45) is 3.59. The number of nitrogens with one attached hydrogen (secondary N) is 2. The molecule has 1 aromatic carbocycles. The zero-order chi connectivity index (χ0) is 21.2. The van der Waals surface area contributed by atoms with Crippen LogP contribution in [0.25, 0.3) is 11.2 Å². The van der Waals surface area contributed by atoms with Gasteiger partial charge in [0.2, 0.25) is 0 Å². The molecule has 0 spiro atoms. The average Bonchev–Trinajstić information content (AvgIpc) is 3.29. The monoisotopic (exact) mass is 421 g/mol. The lowest BCUT2D eigenvalue weighted by atomic mass is 9.89. The summed E-state index contributed by atoms with van der Waals surface area (Å²) in [7, 11) is 1.62. The van der Waals surface area contributed by atoms with Crippen molar-refractivity contribution >= 4 is 17.1 Å². The number of methoxy groups -OCH3 is 1. The molecule has 2 aliphatic rings. The molecule has 0 radical (unpaired) electrons. The number of amides is 1. The van der Waals surface area contributed by atoms with Crippen LogP contribution in [0.15, 0.2) is 36.5 Å². The quantitative estimate of drug-likeness (QED) is 0.673. The number of carbonyl (C=O) groups is 1. The van der Waals surface area contributed by atoms with Crippen LogP contribution in [0.5, 0.6) is 5.75 Å². The first kappa shape index (κ1) is 20.0. The number of hydrogen-bond acceptors (Lipinski definition) is 6. The van der Waals surface area contributed by atoms with E-state index < -0.39 is 0 Å². The topological polar surface area (TPSA) is 92.4 Å². The van der Waals surface area contributed by atoms with Crippen molar-refractivity contribution in [1.29, 1.82) is 0 Å². The minimum absolute atomic E-state index is 0.0697. The Bertz CT molecular complexity index is 1050. The minimum atomic E-state index is -0.0697. The molecule has 31 heavy (non-hydrogen) atoms. The lowest BCUT2D eigenvalue weighted by Crippen LogP contribution is -2.37. The Morgan fingerprint density at radius 3 is 2.71 bits per heavy atom. The molecular weight excluding hydrogens is 394 g/mol. The Morgan fingerprint density at radius 1 is 1.19 bits per heavy atom. The van der Waals surface area contributed by atoms with Gasteiger partial charge in [-0.2, -0.15) is 0 Å². The number of fused-ring (bicyclic) bond motifs is 1. The van der Waals surface area contributed by atoms with Crippen LogP contribution < -0.4 is 10.1 Å². The normalized spacial score (nSPS) is 20.2. The third-order valence-electron chi connectivity index (χ3n) is 6.23. The van der Waals surface area contributed by atoms with Crippen LogP contribution in [0.4, 0.5) is 0 Å². The highest BCUT2D eigenvalue weighted by Crippen LogP contribution is 2.33. The summed E-state index contributed by atoms with van der Waals surface area (Å²) < 4.78 is 11.0. The summed E-state index contributed by atoms with van der Waals surface area (Å²) in [6.45, 7) is 3.77. The van der Waals surface area contributed by atoms with Crippen LogP contribution in [-0.2, 0) is 4.74 Å². The van der Waals surface area contributed by atoms with Gasteiger partial charge < -0.3 is 24.7 Å². The van der Waals surface area contributed by atoms with E-state index in [2.05, 4.69) is 26.3 Å². The first-order valence-electron chi connectivity index (χ1n) is 10.8. The van der Waals surface area contributed by atoms with E-state index in [-0.39, 0.29) is 12.0 Å². The number of hydrogen-bond donors (Lipinski definition) is 2. The number of nitrogens with zero attached hydrogens (tertiary/aromatic N) is 3. The van der Waals surface area contributed by atoms with Gasteiger partial charge in [0.1, 0.15) is 17.7 Å². The van der Waals surface area contributed by atoms with Gasteiger partial charge in [0.25, 0.3) is 5.91 Å². The van der Waals surface area contributed by atoms with Crippen LogP contribution >= 0.6 is 0 Å². The van der Waals surface area contributed by atoms with Crippen LogP contribution in [0.2, 0.25) is 0 Å². The second kappa shape index (κ2) is 8.64. The molecular formula is C23H27N5O3. The maximum absolute atomic E-state index is 12.9. The van der Waals surface area contributed by atoms with Gasteiger partial charge in [-0.1, -0.05) is 0 Å². The minimum Gasteiger partial charge on any atom is -0.497 e. The average molecular weight is 422 g/mol. The molecule has 2 N–H and O–H groups in total. The first-order chi connectivity index (χ1) is 15.2. The van der Waals surface area contributed by atoms with Gasteiger partial charge in [-0.3, -0.25) is 4.79 Å². The lowest BCUT2D eigenvalue weighted by molar-refractivity contribution is 0.0228. The number of benzene rings is 1. The summed E-state index contributed by atoms with van der Waals surface area (Å²) in [5, 5.41) is 3.34. The summed E-state index contributed by atoms with van der Waals surface area (Å²) >= 11 is 0. The predicted molar refractivity (Wildman–Crippen MR) is 116 cm³/mol. The molecule has 8 nitrogen and oxygen atoms in total. The Kier molecular flexibility index (Phi) is 5.57. The van der Waals surface area contributed by atoms with Crippen LogP contribution in [0.1, 0.15) is 46.6 Å². The maximum Gasteiger partial charge on any atom is 0.253 e. The molecule has 2 aromatic heterocycles. The van der Waals surface area contributed by atoms with Crippen LogP contribution in [0, 0.1) is 0 Å². The smallest absolute Gasteiger partial charge is 0.253 e. The molecule has 1 unspecified atom stereocenters. The van der Waals surface area contributed by atoms with E-state index in [1.165, 1.54) is 5.56 Å². The molecule has 2 fully saturated rings. The zero-order valence-corrected chi connectivity index (χ0v) is 17.6. The Morgan fingerprint density at radius 2 is 2.00 bits per heavy atom. The van der Waals surface area contributed by atoms with E-state index in [1.54, 1.807) is 7.11 Å². The van der Waals surface area contributed by atoms with Crippen molar-refractivity contribution < 1.29 is 14.3 Å². The molecule has 2 aliphatic heterocycles. The van der Waals surface area contributed by atoms with Gasteiger partial charge >= 0.3 is 0 Å². The van der Waals surface area contributed by atoms with E-state index in [9.17, 15) is 4.79 Å². The third-order valence-corrected chi connectivity index (χ3v) is 6.23. The van der Waals surface area contributed by atoms with Crippen LogP contribution in [-0.4, -0.2) is 65.7 Å². The van der Waals surface area contributed by atoms with Crippen molar-refractivity contribution in [3.8, 4) is 5.75 Å². The Hall–Kier alpha value is -2.97. The number of pyridine rings is 1. The van der Waals surface area contributed by atoms with Crippen molar-refractivity contribution in [2.24, 2.45) is 0 Å². The highest BCUT2D eigenvalue weighted by atomic mass is 16.5. The van der Waals surface area contributed by atoms with Crippen molar-refractivity contribution in [3.05, 3.63) is 53.5 Å². The molecule has 0 aliphatic carbocycles. The second-order valence-corrected chi connectivity index (χ2v) is 8.08. The summed E-state index contributed by atoms with van der Waals surface area (Å²) in [4.78, 5) is 27.4. The molecule has 3 aromatic rings. The summed E-state index contributed by atoms with van der Waals surface area (Å²) in [5.41, 5.74) is 3.65. The van der Waals surface area contributed by atoms with Crippen molar-refractivity contribution in [1.82, 2.24) is 25.2 Å². The molecule has 0 saturated carbocycles. The number of piperidine rings is 1. The van der Waals surface area contributed by atoms with Gasteiger partial charge in [0.05, 0.1) is 19.2 Å². The molecule has 2 saturated heterocycles. The van der Waals surface area contributed by atoms with Crippen molar-refractivity contribution in [2.75, 3.05) is 39.9 Å². The fourth-order valence-corrected chi connectivity index (χ4v) is 4.49. The SMILES string of the molecule is COc1ccc(C(=O)N2CCC(c3ccnc4nc(C5CNCCO5)[nH]c34)CC2)cc1. The number of carbonyl (C=O) groups excluding carboxylic acids is 1. The lowest BCUT2D eigenvalue weighted by Gasteiger charge is -2.32. The van der Waals surface area contributed by atoms with E-state index in [1.807, 2.05) is 35.4 Å². The Labute approximate surface area is 181 Å². The molecule has 8 heteroatoms. The zero-order valence-electron chi connectivity index (χ0n) is 17.6. The molecule has 1 atom stereocenters. The summed E-state index contributed by atoms with van der Waals surface area (Å²) in [6, 6.07) is 9.39. The summed E-state index contributed by atoms with van der Waals surface area (Å²) in [5.74, 6) is 2.02. The molecule has 0 bridgehead atoms. The van der Waals surface area contributed by atoms with Gasteiger partial charge in [0.15, 0.2) is 5.65 Å². The maximum atomic E-state index is 12.9. The van der Waals surface area contributed by atoms with Crippen molar-refractivity contribution in [3.63, 3.8) is 0 Å². The fourth-order valence-electron chi connectivity index (χ4n) is 4.49. The van der Waals surface area contributed by atoms with E-state index in [0.717, 1.165) is 61.8 Å². The largest absolute Gasteiger partial charge is 0.497 e. The molecule has 5 rings (SSSR count). The van der Waals surface area contributed by atoms with Gasteiger partial charge in [0, 0.05) is 37.9 Å². The predicted octanol–water partition coefficient (Wildman–Crippen LogP) is 2.65. The second-order valence-electron chi connectivity index (χ2n) is 8.08.